The SMILES string of the molecule is COc1ccc(/C=N/NC(=O)c2ccc3c(c2)CN(c2ccc(Br)cc2)C3)cc1. The van der Waals surface area contributed by atoms with Gasteiger partial charge in [0.2, 0.25) is 0 Å². The molecule has 0 bridgehead atoms. The van der Waals surface area contributed by atoms with Crippen LogP contribution in [0.4, 0.5) is 5.69 Å². The molecule has 1 N–H and O–H groups in total. The van der Waals surface area contributed by atoms with Crippen molar-refractivity contribution in [2.75, 3.05) is 12.0 Å². The highest BCUT2D eigenvalue weighted by Gasteiger charge is 2.20. The van der Waals surface area contributed by atoms with Gasteiger partial charge < -0.3 is 9.64 Å². The van der Waals surface area contributed by atoms with Gasteiger partial charge in [0, 0.05) is 28.8 Å². The number of anilines is 1. The van der Waals surface area contributed by atoms with E-state index in [1.807, 2.05) is 54.6 Å². The van der Waals surface area contributed by atoms with Gasteiger partial charge in [-0.2, -0.15) is 5.10 Å². The molecule has 0 saturated carbocycles. The van der Waals surface area contributed by atoms with E-state index in [0.717, 1.165) is 28.9 Å². The van der Waals surface area contributed by atoms with Gasteiger partial charge in [-0.05, 0) is 77.4 Å². The monoisotopic (exact) mass is 449 g/mol. The minimum absolute atomic E-state index is 0.223. The third-order valence-electron chi connectivity index (χ3n) is 4.88. The lowest BCUT2D eigenvalue weighted by molar-refractivity contribution is 0.0955. The lowest BCUT2D eigenvalue weighted by Gasteiger charge is -2.17. The first-order valence-corrected chi connectivity index (χ1v) is 10.0. The van der Waals surface area contributed by atoms with Gasteiger partial charge in [0.25, 0.3) is 5.91 Å². The summed E-state index contributed by atoms with van der Waals surface area (Å²) < 4.78 is 6.19. The zero-order valence-corrected chi connectivity index (χ0v) is 17.5. The summed E-state index contributed by atoms with van der Waals surface area (Å²) in [7, 11) is 1.62. The summed E-state index contributed by atoms with van der Waals surface area (Å²) in [5.74, 6) is 0.557. The molecule has 3 aromatic rings. The molecule has 1 aliphatic rings. The van der Waals surface area contributed by atoms with Gasteiger partial charge in [-0.15, -0.1) is 0 Å². The number of hydrogen-bond donors (Lipinski definition) is 1. The molecule has 1 aliphatic heterocycles. The molecule has 5 nitrogen and oxygen atoms in total. The van der Waals surface area contributed by atoms with Crippen LogP contribution in [0, 0.1) is 0 Å². The molecule has 29 heavy (non-hydrogen) atoms. The largest absolute Gasteiger partial charge is 0.497 e. The second-order valence-electron chi connectivity index (χ2n) is 6.79. The number of nitrogens with zero attached hydrogens (tertiary/aromatic N) is 2. The van der Waals surface area contributed by atoms with Crippen LogP contribution in [0.15, 0.2) is 76.3 Å². The fraction of sp³-hybridized carbons (Fsp3) is 0.130. The van der Waals surface area contributed by atoms with E-state index in [1.165, 1.54) is 16.8 Å². The van der Waals surface area contributed by atoms with Gasteiger partial charge in [-0.25, -0.2) is 5.43 Å². The van der Waals surface area contributed by atoms with Crippen LogP contribution in [0.1, 0.15) is 27.0 Å². The van der Waals surface area contributed by atoms with Crippen molar-refractivity contribution in [1.29, 1.82) is 0 Å². The number of ether oxygens (including phenoxy) is 1. The highest BCUT2D eigenvalue weighted by atomic mass is 79.9. The Morgan fingerprint density at radius 1 is 1.03 bits per heavy atom. The van der Waals surface area contributed by atoms with Crippen molar-refractivity contribution in [2.45, 2.75) is 13.1 Å². The Morgan fingerprint density at radius 3 is 2.48 bits per heavy atom. The third kappa shape index (κ3) is 4.49. The number of amides is 1. The maximum absolute atomic E-state index is 12.5. The normalized spacial score (nSPS) is 12.8. The molecule has 1 amide bonds. The van der Waals surface area contributed by atoms with Crippen LogP contribution >= 0.6 is 15.9 Å². The van der Waals surface area contributed by atoms with Crippen molar-refractivity contribution < 1.29 is 9.53 Å². The summed E-state index contributed by atoms with van der Waals surface area (Å²) in [6, 6.07) is 21.5. The van der Waals surface area contributed by atoms with Gasteiger partial charge in [0.1, 0.15) is 5.75 Å². The van der Waals surface area contributed by atoms with Crippen LogP contribution in [0.25, 0.3) is 0 Å². The number of hydrazone groups is 1. The van der Waals surface area contributed by atoms with Gasteiger partial charge >= 0.3 is 0 Å². The van der Waals surface area contributed by atoms with Crippen molar-refractivity contribution in [3.63, 3.8) is 0 Å². The average molecular weight is 450 g/mol. The third-order valence-corrected chi connectivity index (χ3v) is 5.41. The fourth-order valence-electron chi connectivity index (χ4n) is 3.29. The van der Waals surface area contributed by atoms with Crippen molar-refractivity contribution in [3.8, 4) is 5.75 Å². The average Bonchev–Trinajstić information content (AvgIpc) is 3.18. The van der Waals surface area contributed by atoms with E-state index in [0.29, 0.717) is 5.56 Å². The molecule has 146 valence electrons. The number of methoxy groups -OCH3 is 1. The predicted molar refractivity (Wildman–Crippen MR) is 119 cm³/mol. The number of benzene rings is 3. The molecular formula is C23H20BrN3O2. The maximum atomic E-state index is 12.5. The summed E-state index contributed by atoms with van der Waals surface area (Å²) in [5.41, 5.74) is 7.66. The summed E-state index contributed by atoms with van der Waals surface area (Å²) in [6.07, 6.45) is 1.61. The molecule has 0 radical (unpaired) electrons. The number of halogens is 1. The molecule has 0 aromatic heterocycles. The topological polar surface area (TPSA) is 53.9 Å². The van der Waals surface area contributed by atoms with Crippen LogP contribution in [-0.4, -0.2) is 19.2 Å². The smallest absolute Gasteiger partial charge is 0.271 e. The Hall–Kier alpha value is -3.12. The van der Waals surface area contributed by atoms with Crippen LogP contribution in [-0.2, 0) is 13.1 Å². The summed E-state index contributed by atoms with van der Waals surface area (Å²) >= 11 is 3.47. The molecular weight excluding hydrogens is 430 g/mol. The first-order valence-electron chi connectivity index (χ1n) is 9.22. The van der Waals surface area contributed by atoms with Gasteiger partial charge in [-0.3, -0.25) is 4.79 Å². The summed E-state index contributed by atoms with van der Waals surface area (Å²) in [6.45, 7) is 1.63. The molecule has 0 atom stereocenters. The molecule has 0 unspecified atom stereocenters. The lowest BCUT2D eigenvalue weighted by Crippen LogP contribution is -2.17. The Balaban J connectivity index is 1.40. The number of carbonyl (C=O) groups is 1. The second kappa shape index (κ2) is 8.49. The zero-order chi connectivity index (χ0) is 20.2. The van der Waals surface area contributed by atoms with E-state index in [4.69, 9.17) is 4.74 Å². The second-order valence-corrected chi connectivity index (χ2v) is 7.70. The van der Waals surface area contributed by atoms with E-state index >= 15 is 0 Å². The minimum atomic E-state index is -0.223. The highest BCUT2D eigenvalue weighted by Crippen LogP contribution is 2.29. The van der Waals surface area contributed by atoms with Crippen LogP contribution in [0.5, 0.6) is 5.75 Å². The number of nitrogens with one attached hydrogen (secondary N) is 1. The molecule has 0 saturated heterocycles. The van der Waals surface area contributed by atoms with Gasteiger partial charge in [0.05, 0.1) is 13.3 Å². The van der Waals surface area contributed by atoms with Gasteiger partial charge in [0.15, 0.2) is 0 Å². The highest BCUT2D eigenvalue weighted by molar-refractivity contribution is 9.10. The van der Waals surface area contributed by atoms with E-state index in [-0.39, 0.29) is 5.91 Å². The maximum Gasteiger partial charge on any atom is 0.271 e. The molecule has 4 rings (SSSR count). The van der Waals surface area contributed by atoms with Crippen LogP contribution in [0.3, 0.4) is 0 Å². The molecule has 1 heterocycles. The fourth-order valence-corrected chi connectivity index (χ4v) is 3.55. The van der Waals surface area contributed by atoms with E-state index in [9.17, 15) is 4.79 Å². The molecule has 3 aromatic carbocycles. The Morgan fingerprint density at radius 2 is 1.76 bits per heavy atom. The van der Waals surface area contributed by atoms with E-state index < -0.39 is 0 Å². The number of carbonyl (C=O) groups excluding carboxylic acids is 1. The first kappa shape index (κ1) is 19.2. The Labute approximate surface area is 178 Å². The lowest BCUT2D eigenvalue weighted by atomic mass is 10.1. The molecule has 0 spiro atoms. The predicted octanol–water partition coefficient (Wildman–Crippen LogP) is 4.74. The number of fused-ring (bicyclic) bond motifs is 1. The standard InChI is InChI=1S/C23H20BrN3O2/c1-29-22-10-2-16(3-11-22)13-25-26-23(28)17-4-5-18-14-27(15-19(18)12-17)21-8-6-20(24)7-9-21/h2-13H,14-15H2,1H3,(H,26,28)/b25-13+. The van der Waals surface area contributed by atoms with E-state index in [1.54, 1.807) is 13.3 Å². The van der Waals surface area contributed by atoms with Crippen molar-refractivity contribution in [3.05, 3.63) is 93.5 Å². The van der Waals surface area contributed by atoms with Crippen molar-refractivity contribution in [1.82, 2.24) is 5.43 Å². The molecule has 6 heteroatoms. The number of hydrogen-bond acceptors (Lipinski definition) is 4. The van der Waals surface area contributed by atoms with Crippen molar-refractivity contribution >= 4 is 33.7 Å². The molecule has 0 aliphatic carbocycles. The Bertz CT molecular complexity index is 1050. The van der Waals surface area contributed by atoms with Crippen molar-refractivity contribution in [2.24, 2.45) is 5.10 Å². The molecule has 0 fully saturated rings. The van der Waals surface area contributed by atoms with Crippen LogP contribution in [0.2, 0.25) is 0 Å². The minimum Gasteiger partial charge on any atom is -0.497 e. The van der Waals surface area contributed by atoms with Gasteiger partial charge in [-0.1, -0.05) is 22.0 Å². The zero-order valence-electron chi connectivity index (χ0n) is 15.9. The Kier molecular flexibility index (Phi) is 5.62. The first-order chi connectivity index (χ1) is 14.1. The number of rotatable bonds is 5. The summed E-state index contributed by atoms with van der Waals surface area (Å²) in [5, 5.41) is 4.06. The quantitative estimate of drug-likeness (QED) is 0.451. The van der Waals surface area contributed by atoms with E-state index in [2.05, 4.69) is 43.5 Å². The summed E-state index contributed by atoms with van der Waals surface area (Å²) in [4.78, 5) is 14.8. The van der Waals surface area contributed by atoms with Crippen LogP contribution < -0.4 is 15.1 Å².